The molecule has 25 heavy (non-hydrogen) atoms. The van der Waals surface area contributed by atoms with Gasteiger partial charge in [0.1, 0.15) is 0 Å². The molecule has 0 bridgehead atoms. The molecule has 1 aliphatic rings. The molecule has 1 aliphatic heterocycles. The summed E-state index contributed by atoms with van der Waals surface area (Å²) in [5.41, 5.74) is 0. The monoisotopic (exact) mass is 355 g/mol. The van der Waals surface area contributed by atoms with Crippen molar-refractivity contribution in [3.63, 3.8) is 0 Å². The van der Waals surface area contributed by atoms with Crippen molar-refractivity contribution in [3.8, 4) is 0 Å². The summed E-state index contributed by atoms with van der Waals surface area (Å²) in [6.45, 7) is 18.9. The standard InChI is InChI=1S/C19H41N5O/c1-6-20-19(21-8-7-13-25-16-17(2)3)22-14-18(4)15-24-11-9-23(5)10-12-24/h17-18H,6-16H2,1-5H3,(H2,20,21,22). The number of nitrogens with one attached hydrogen (secondary N) is 2. The van der Waals surface area contributed by atoms with Gasteiger partial charge in [0.25, 0.3) is 0 Å². The molecule has 6 heteroatoms. The Morgan fingerprint density at radius 3 is 2.48 bits per heavy atom. The van der Waals surface area contributed by atoms with E-state index in [1.165, 1.54) is 26.2 Å². The van der Waals surface area contributed by atoms with E-state index in [4.69, 9.17) is 9.73 Å². The molecule has 2 N–H and O–H groups in total. The minimum absolute atomic E-state index is 0.577. The summed E-state index contributed by atoms with van der Waals surface area (Å²) in [6, 6.07) is 0. The second-order valence-corrected chi connectivity index (χ2v) is 7.68. The Morgan fingerprint density at radius 1 is 1.12 bits per heavy atom. The Hall–Kier alpha value is -0.850. The van der Waals surface area contributed by atoms with E-state index in [9.17, 15) is 0 Å². The smallest absolute Gasteiger partial charge is 0.191 e. The van der Waals surface area contributed by atoms with Crippen molar-refractivity contribution in [2.75, 3.05) is 72.6 Å². The van der Waals surface area contributed by atoms with Crippen LogP contribution in [0.2, 0.25) is 0 Å². The van der Waals surface area contributed by atoms with Crippen molar-refractivity contribution >= 4 is 5.96 Å². The third-order valence-electron chi connectivity index (χ3n) is 4.28. The van der Waals surface area contributed by atoms with Crippen LogP contribution in [-0.2, 0) is 4.74 Å². The molecule has 1 fully saturated rings. The minimum Gasteiger partial charge on any atom is -0.381 e. The van der Waals surface area contributed by atoms with Crippen LogP contribution in [0.4, 0.5) is 0 Å². The van der Waals surface area contributed by atoms with Gasteiger partial charge in [-0.25, -0.2) is 0 Å². The molecule has 148 valence electrons. The molecule has 1 rings (SSSR count). The third kappa shape index (κ3) is 11.4. The molecule has 1 heterocycles. The first-order chi connectivity index (χ1) is 12.0. The summed E-state index contributed by atoms with van der Waals surface area (Å²) in [4.78, 5) is 9.72. The number of likely N-dealkylation sites (N-methyl/N-ethyl adjacent to an activating group) is 1. The highest BCUT2D eigenvalue weighted by Gasteiger charge is 2.15. The summed E-state index contributed by atoms with van der Waals surface area (Å²) >= 11 is 0. The average Bonchev–Trinajstić information content (AvgIpc) is 2.57. The SMILES string of the molecule is CCNC(=NCC(C)CN1CCN(C)CC1)NCCCOCC(C)C. The molecule has 1 saturated heterocycles. The molecule has 0 aromatic heterocycles. The maximum atomic E-state index is 5.62. The van der Waals surface area contributed by atoms with Gasteiger partial charge in [-0.1, -0.05) is 20.8 Å². The van der Waals surface area contributed by atoms with Gasteiger partial charge in [-0.15, -0.1) is 0 Å². The van der Waals surface area contributed by atoms with Crippen LogP contribution in [-0.4, -0.2) is 88.4 Å². The lowest BCUT2D eigenvalue weighted by molar-refractivity contribution is 0.108. The van der Waals surface area contributed by atoms with E-state index >= 15 is 0 Å². The summed E-state index contributed by atoms with van der Waals surface area (Å²) in [6.07, 6.45) is 1.01. The lowest BCUT2D eigenvalue weighted by Gasteiger charge is -2.33. The van der Waals surface area contributed by atoms with E-state index in [-0.39, 0.29) is 0 Å². The molecular formula is C19H41N5O. The fraction of sp³-hybridized carbons (Fsp3) is 0.947. The van der Waals surface area contributed by atoms with Gasteiger partial charge in [-0.3, -0.25) is 4.99 Å². The van der Waals surface area contributed by atoms with Crippen molar-refractivity contribution < 1.29 is 4.74 Å². The first-order valence-corrected chi connectivity index (χ1v) is 10.0. The Balaban J connectivity index is 2.21. The number of piperazine rings is 1. The topological polar surface area (TPSA) is 52.1 Å². The molecule has 1 unspecified atom stereocenters. The molecule has 0 amide bonds. The Bertz CT molecular complexity index is 354. The predicted molar refractivity (Wildman–Crippen MR) is 107 cm³/mol. The maximum Gasteiger partial charge on any atom is 0.191 e. The highest BCUT2D eigenvalue weighted by atomic mass is 16.5. The number of hydrogen-bond donors (Lipinski definition) is 2. The van der Waals surface area contributed by atoms with E-state index in [0.717, 1.165) is 51.8 Å². The Kier molecular flexibility index (Phi) is 11.9. The predicted octanol–water partition coefficient (Wildman–Crippen LogP) is 1.49. The van der Waals surface area contributed by atoms with Crippen LogP contribution in [0.25, 0.3) is 0 Å². The van der Waals surface area contributed by atoms with Gasteiger partial charge in [0.2, 0.25) is 0 Å². The highest BCUT2D eigenvalue weighted by Crippen LogP contribution is 2.05. The summed E-state index contributed by atoms with van der Waals surface area (Å²) in [5.74, 6) is 2.11. The van der Waals surface area contributed by atoms with Crippen molar-refractivity contribution in [2.24, 2.45) is 16.8 Å². The van der Waals surface area contributed by atoms with Gasteiger partial charge < -0.3 is 25.2 Å². The lowest BCUT2D eigenvalue weighted by Crippen LogP contribution is -2.46. The quantitative estimate of drug-likeness (QED) is 0.334. The second-order valence-electron chi connectivity index (χ2n) is 7.68. The molecule has 1 atom stereocenters. The summed E-state index contributed by atoms with van der Waals surface area (Å²) in [5, 5.41) is 6.75. The highest BCUT2D eigenvalue weighted by molar-refractivity contribution is 5.79. The number of ether oxygens (including phenoxy) is 1. The average molecular weight is 356 g/mol. The summed E-state index contributed by atoms with van der Waals surface area (Å²) < 4.78 is 5.62. The van der Waals surface area contributed by atoms with E-state index in [0.29, 0.717) is 11.8 Å². The molecule has 6 nitrogen and oxygen atoms in total. The number of rotatable bonds is 11. The van der Waals surface area contributed by atoms with Crippen LogP contribution >= 0.6 is 0 Å². The van der Waals surface area contributed by atoms with Crippen LogP contribution in [0.1, 0.15) is 34.1 Å². The molecule has 0 aromatic carbocycles. The molecule has 0 aliphatic carbocycles. The minimum atomic E-state index is 0.577. The zero-order chi connectivity index (χ0) is 18.5. The molecule has 0 radical (unpaired) electrons. The third-order valence-corrected chi connectivity index (χ3v) is 4.28. The van der Waals surface area contributed by atoms with Crippen molar-refractivity contribution in [3.05, 3.63) is 0 Å². The molecular weight excluding hydrogens is 314 g/mol. The van der Waals surface area contributed by atoms with Gasteiger partial charge in [-0.05, 0) is 32.2 Å². The first kappa shape index (κ1) is 22.2. The lowest BCUT2D eigenvalue weighted by atomic mass is 10.1. The van der Waals surface area contributed by atoms with Gasteiger partial charge in [0.05, 0.1) is 0 Å². The number of hydrogen-bond acceptors (Lipinski definition) is 4. The maximum absolute atomic E-state index is 5.62. The van der Waals surface area contributed by atoms with Crippen LogP contribution in [0.3, 0.4) is 0 Å². The van der Waals surface area contributed by atoms with E-state index in [1.54, 1.807) is 0 Å². The fourth-order valence-electron chi connectivity index (χ4n) is 2.82. The van der Waals surface area contributed by atoms with Gasteiger partial charge in [-0.2, -0.15) is 0 Å². The molecule has 0 aromatic rings. The molecule has 0 spiro atoms. The van der Waals surface area contributed by atoms with E-state index in [1.807, 2.05) is 0 Å². The van der Waals surface area contributed by atoms with E-state index in [2.05, 4.69) is 55.2 Å². The largest absolute Gasteiger partial charge is 0.381 e. The van der Waals surface area contributed by atoms with Crippen LogP contribution in [0.5, 0.6) is 0 Å². The van der Waals surface area contributed by atoms with Crippen molar-refractivity contribution in [1.29, 1.82) is 0 Å². The van der Waals surface area contributed by atoms with Crippen LogP contribution in [0.15, 0.2) is 4.99 Å². The number of guanidine groups is 1. The van der Waals surface area contributed by atoms with Gasteiger partial charge >= 0.3 is 0 Å². The number of nitrogens with zero attached hydrogens (tertiary/aromatic N) is 3. The van der Waals surface area contributed by atoms with Crippen LogP contribution < -0.4 is 10.6 Å². The normalized spacial score (nSPS) is 18.6. The Labute approximate surface area is 155 Å². The zero-order valence-corrected chi connectivity index (χ0v) is 17.2. The van der Waals surface area contributed by atoms with Gasteiger partial charge in [0.15, 0.2) is 5.96 Å². The Morgan fingerprint density at radius 2 is 1.84 bits per heavy atom. The van der Waals surface area contributed by atoms with Crippen molar-refractivity contribution in [1.82, 2.24) is 20.4 Å². The second kappa shape index (κ2) is 13.4. The first-order valence-electron chi connectivity index (χ1n) is 10.0. The van der Waals surface area contributed by atoms with Crippen LogP contribution in [0, 0.1) is 11.8 Å². The number of aliphatic imine (C=N–C) groups is 1. The summed E-state index contributed by atoms with van der Waals surface area (Å²) in [7, 11) is 2.20. The molecule has 0 saturated carbocycles. The zero-order valence-electron chi connectivity index (χ0n) is 17.2. The van der Waals surface area contributed by atoms with Crippen molar-refractivity contribution in [2.45, 2.75) is 34.1 Å². The van der Waals surface area contributed by atoms with E-state index < -0.39 is 0 Å². The van der Waals surface area contributed by atoms with Gasteiger partial charge in [0, 0.05) is 65.6 Å². The fourth-order valence-corrected chi connectivity index (χ4v) is 2.82.